The Kier molecular flexibility index (Phi) is 4.77. The highest BCUT2D eigenvalue weighted by Crippen LogP contribution is 2.18. The van der Waals surface area contributed by atoms with E-state index >= 15 is 0 Å². The first kappa shape index (κ1) is 14.0. The maximum atomic E-state index is 12.1. The van der Waals surface area contributed by atoms with Gasteiger partial charge in [-0.05, 0) is 61.2 Å². The van der Waals surface area contributed by atoms with Crippen LogP contribution in [0.3, 0.4) is 0 Å². The predicted octanol–water partition coefficient (Wildman–Crippen LogP) is 1.73. The molecule has 1 aliphatic heterocycles. The van der Waals surface area contributed by atoms with Crippen molar-refractivity contribution in [3.63, 3.8) is 0 Å². The normalized spacial score (nSPS) is 22.8. The molecule has 0 aliphatic carbocycles. The smallest absolute Gasteiger partial charge is 0.212 e. The van der Waals surface area contributed by atoms with E-state index in [4.69, 9.17) is 0 Å². The lowest BCUT2D eigenvalue weighted by Crippen LogP contribution is -2.38. The Balaban J connectivity index is 1.90. The number of rotatable bonds is 5. The molecule has 0 amide bonds. The summed E-state index contributed by atoms with van der Waals surface area (Å²) in [5.74, 6) is 0.472. The van der Waals surface area contributed by atoms with E-state index in [1.807, 2.05) is 23.8 Å². The van der Waals surface area contributed by atoms with Gasteiger partial charge in [0.05, 0.1) is 5.75 Å². The third-order valence-corrected chi connectivity index (χ3v) is 5.58. The van der Waals surface area contributed by atoms with E-state index in [9.17, 15) is 8.42 Å². The van der Waals surface area contributed by atoms with Gasteiger partial charge >= 0.3 is 0 Å². The van der Waals surface area contributed by atoms with Crippen LogP contribution in [0.4, 0.5) is 0 Å². The fraction of sp³-hybridized carbons (Fsp3) is 0.667. The maximum Gasteiger partial charge on any atom is 0.212 e. The van der Waals surface area contributed by atoms with Crippen molar-refractivity contribution in [2.75, 3.05) is 18.8 Å². The summed E-state index contributed by atoms with van der Waals surface area (Å²) in [5.41, 5.74) is 1.03. The van der Waals surface area contributed by atoms with Gasteiger partial charge in [-0.15, -0.1) is 0 Å². The second kappa shape index (κ2) is 6.14. The molecule has 0 spiro atoms. The van der Waals surface area contributed by atoms with Gasteiger partial charge in [-0.3, -0.25) is 0 Å². The molecule has 2 unspecified atom stereocenters. The molecule has 2 atom stereocenters. The number of hydrogen-bond acceptors (Lipinski definition) is 4. The lowest BCUT2D eigenvalue weighted by Gasteiger charge is -2.23. The van der Waals surface area contributed by atoms with E-state index in [0.29, 0.717) is 0 Å². The second-order valence-corrected chi connectivity index (χ2v) is 7.47. The lowest BCUT2D eigenvalue weighted by atomic mass is 10.0. The summed E-state index contributed by atoms with van der Waals surface area (Å²) in [6.45, 7) is 3.71. The van der Waals surface area contributed by atoms with Crippen molar-refractivity contribution in [1.29, 1.82) is 0 Å². The highest BCUT2D eigenvalue weighted by molar-refractivity contribution is 7.89. The Labute approximate surface area is 113 Å². The minimum Gasteiger partial charge on any atom is -0.316 e. The molecule has 18 heavy (non-hydrogen) atoms. The minimum atomic E-state index is -3.19. The van der Waals surface area contributed by atoms with E-state index in [0.717, 1.165) is 31.5 Å². The predicted molar refractivity (Wildman–Crippen MR) is 75.3 cm³/mol. The van der Waals surface area contributed by atoms with Crippen LogP contribution in [0, 0.1) is 5.92 Å². The molecule has 1 aromatic heterocycles. The fourth-order valence-electron chi connectivity index (χ4n) is 2.28. The number of nitrogens with one attached hydrogen (secondary N) is 2. The highest BCUT2D eigenvalue weighted by Gasteiger charge is 2.23. The fourth-order valence-corrected chi connectivity index (χ4v) is 4.71. The molecule has 1 aromatic rings. The molecular formula is C12H20N2O2S2. The van der Waals surface area contributed by atoms with Gasteiger partial charge in [-0.1, -0.05) is 0 Å². The average molecular weight is 288 g/mol. The Morgan fingerprint density at radius 3 is 3.06 bits per heavy atom. The molecule has 2 rings (SSSR count). The summed E-state index contributed by atoms with van der Waals surface area (Å²) < 4.78 is 26.9. The summed E-state index contributed by atoms with van der Waals surface area (Å²) in [6.07, 6.45) is 2.07. The van der Waals surface area contributed by atoms with Crippen LogP contribution in [0.25, 0.3) is 0 Å². The molecule has 0 aromatic carbocycles. The van der Waals surface area contributed by atoms with Crippen LogP contribution in [0.1, 0.15) is 31.4 Å². The molecular weight excluding hydrogens is 268 g/mol. The number of piperidine rings is 1. The number of sulfonamides is 1. The Bertz CT molecular complexity index is 450. The van der Waals surface area contributed by atoms with Crippen molar-refractivity contribution in [1.82, 2.24) is 10.0 Å². The monoisotopic (exact) mass is 288 g/mol. The third kappa shape index (κ3) is 4.05. The van der Waals surface area contributed by atoms with Crippen molar-refractivity contribution >= 4 is 21.4 Å². The molecule has 1 saturated heterocycles. The van der Waals surface area contributed by atoms with Gasteiger partial charge in [0.1, 0.15) is 0 Å². The van der Waals surface area contributed by atoms with Crippen molar-refractivity contribution in [3.8, 4) is 0 Å². The topological polar surface area (TPSA) is 58.2 Å². The molecule has 6 heteroatoms. The van der Waals surface area contributed by atoms with Gasteiger partial charge < -0.3 is 5.32 Å². The Hall–Kier alpha value is -0.430. The number of thiophene rings is 1. The lowest BCUT2D eigenvalue weighted by molar-refractivity contribution is 0.402. The van der Waals surface area contributed by atoms with E-state index < -0.39 is 10.0 Å². The highest BCUT2D eigenvalue weighted by atomic mass is 32.2. The molecule has 0 radical (unpaired) electrons. The maximum absolute atomic E-state index is 12.1. The van der Waals surface area contributed by atoms with E-state index in [1.54, 1.807) is 11.3 Å². The molecule has 4 nitrogen and oxygen atoms in total. The van der Waals surface area contributed by atoms with Crippen molar-refractivity contribution in [2.45, 2.75) is 25.8 Å². The first-order valence-electron chi connectivity index (χ1n) is 6.29. The minimum absolute atomic E-state index is 0.141. The van der Waals surface area contributed by atoms with Crippen LogP contribution in [-0.4, -0.2) is 27.3 Å². The van der Waals surface area contributed by atoms with E-state index in [1.165, 1.54) is 0 Å². The molecule has 2 N–H and O–H groups in total. The first-order chi connectivity index (χ1) is 8.57. The van der Waals surface area contributed by atoms with Crippen LogP contribution in [0.5, 0.6) is 0 Å². The van der Waals surface area contributed by atoms with Gasteiger partial charge in [-0.25, -0.2) is 13.1 Å². The van der Waals surface area contributed by atoms with Crippen molar-refractivity contribution in [2.24, 2.45) is 5.92 Å². The van der Waals surface area contributed by atoms with E-state index in [-0.39, 0.29) is 17.7 Å². The zero-order valence-corrected chi connectivity index (χ0v) is 12.2. The van der Waals surface area contributed by atoms with Gasteiger partial charge in [-0.2, -0.15) is 11.3 Å². The summed E-state index contributed by atoms with van der Waals surface area (Å²) in [6, 6.07) is 1.82. The zero-order chi connectivity index (χ0) is 13.0. The van der Waals surface area contributed by atoms with Gasteiger partial charge in [0.2, 0.25) is 10.0 Å². The molecule has 1 fully saturated rings. The molecule has 2 heterocycles. The van der Waals surface area contributed by atoms with Crippen LogP contribution in [0.15, 0.2) is 16.8 Å². The Morgan fingerprint density at radius 2 is 2.44 bits per heavy atom. The van der Waals surface area contributed by atoms with E-state index in [2.05, 4.69) is 10.0 Å². The van der Waals surface area contributed by atoms with Crippen LogP contribution < -0.4 is 10.0 Å². The SMILES string of the molecule is CC(NS(=O)(=O)CC1CCCNC1)c1ccsc1. The molecule has 0 bridgehead atoms. The van der Waals surface area contributed by atoms with Gasteiger partial charge in [0, 0.05) is 6.04 Å². The molecule has 102 valence electrons. The van der Waals surface area contributed by atoms with Crippen LogP contribution >= 0.6 is 11.3 Å². The third-order valence-electron chi connectivity index (χ3n) is 3.25. The summed E-state index contributed by atoms with van der Waals surface area (Å²) in [5, 5.41) is 7.19. The second-order valence-electron chi connectivity index (χ2n) is 4.89. The largest absolute Gasteiger partial charge is 0.316 e. The van der Waals surface area contributed by atoms with Crippen molar-refractivity contribution < 1.29 is 8.42 Å². The van der Waals surface area contributed by atoms with Gasteiger partial charge in [0.15, 0.2) is 0 Å². The zero-order valence-electron chi connectivity index (χ0n) is 10.6. The number of hydrogen-bond donors (Lipinski definition) is 2. The first-order valence-corrected chi connectivity index (χ1v) is 8.89. The Morgan fingerprint density at radius 1 is 1.61 bits per heavy atom. The van der Waals surface area contributed by atoms with Crippen LogP contribution in [-0.2, 0) is 10.0 Å². The average Bonchev–Trinajstić information content (AvgIpc) is 2.82. The van der Waals surface area contributed by atoms with Gasteiger partial charge in [0.25, 0.3) is 0 Å². The molecule has 1 aliphatic rings. The van der Waals surface area contributed by atoms with Crippen LogP contribution in [0.2, 0.25) is 0 Å². The molecule has 0 saturated carbocycles. The summed E-state index contributed by atoms with van der Waals surface area (Å²) in [4.78, 5) is 0. The standard InChI is InChI=1S/C12H20N2O2S2/c1-10(12-4-6-17-8-12)14-18(15,16)9-11-3-2-5-13-7-11/h4,6,8,10-11,13-14H,2-3,5,7,9H2,1H3. The quantitative estimate of drug-likeness (QED) is 0.867. The van der Waals surface area contributed by atoms with Crippen molar-refractivity contribution in [3.05, 3.63) is 22.4 Å². The summed E-state index contributed by atoms with van der Waals surface area (Å²) in [7, 11) is -3.19. The summed E-state index contributed by atoms with van der Waals surface area (Å²) >= 11 is 1.58.